The third kappa shape index (κ3) is 2.34. The van der Waals surface area contributed by atoms with Crippen LogP contribution in [0.15, 0.2) is 36.4 Å². The number of benzene rings is 2. The number of hydrogen-bond acceptors (Lipinski definition) is 4. The molecule has 1 heterocycles. The summed E-state index contributed by atoms with van der Waals surface area (Å²) in [5.74, 6) is 1.12. The van der Waals surface area contributed by atoms with Crippen molar-refractivity contribution in [3.8, 4) is 22.1 Å². The Morgan fingerprint density at radius 3 is 2.80 bits per heavy atom. The summed E-state index contributed by atoms with van der Waals surface area (Å²) in [6, 6.07) is 11.5. The fourth-order valence-electron chi connectivity index (χ4n) is 2.10. The van der Waals surface area contributed by atoms with Gasteiger partial charge >= 0.3 is 0 Å². The van der Waals surface area contributed by atoms with E-state index in [1.54, 1.807) is 17.4 Å². The van der Waals surface area contributed by atoms with Gasteiger partial charge in [-0.25, -0.2) is 4.98 Å². The zero-order chi connectivity index (χ0) is 14.1. The van der Waals surface area contributed by atoms with Crippen molar-refractivity contribution in [3.63, 3.8) is 0 Å². The van der Waals surface area contributed by atoms with Gasteiger partial charge in [-0.05, 0) is 49.7 Å². The number of thiazole rings is 1. The van der Waals surface area contributed by atoms with Crippen molar-refractivity contribution in [2.75, 3.05) is 6.61 Å². The first kappa shape index (κ1) is 12.9. The van der Waals surface area contributed by atoms with Gasteiger partial charge in [0.15, 0.2) is 0 Å². The van der Waals surface area contributed by atoms with E-state index in [0.29, 0.717) is 6.61 Å². The van der Waals surface area contributed by atoms with E-state index in [1.165, 1.54) is 0 Å². The maximum absolute atomic E-state index is 10.1. The van der Waals surface area contributed by atoms with E-state index in [0.717, 1.165) is 32.1 Å². The highest BCUT2D eigenvalue weighted by atomic mass is 32.1. The lowest BCUT2D eigenvalue weighted by Gasteiger charge is -2.01. The van der Waals surface area contributed by atoms with Gasteiger partial charge in [-0.15, -0.1) is 11.3 Å². The average molecular weight is 285 g/mol. The number of nitrogens with zero attached hydrogens (tertiary/aromatic N) is 1. The standard InChI is InChI=1S/C16H15NO2S/c1-3-19-11-5-7-13-15(9-11)20-16(17-13)12-6-4-10(2)8-14(12)18/h4-9,18H,3H2,1-2H3. The molecule has 0 radical (unpaired) electrons. The molecule has 0 aliphatic heterocycles. The van der Waals surface area contributed by atoms with Gasteiger partial charge in [-0.2, -0.15) is 0 Å². The van der Waals surface area contributed by atoms with Crippen LogP contribution in [-0.2, 0) is 0 Å². The summed E-state index contributed by atoms with van der Waals surface area (Å²) in [4.78, 5) is 4.58. The molecule has 0 aliphatic rings. The van der Waals surface area contributed by atoms with Gasteiger partial charge in [0.1, 0.15) is 16.5 Å². The summed E-state index contributed by atoms with van der Waals surface area (Å²) in [6.45, 7) is 4.57. The number of fused-ring (bicyclic) bond motifs is 1. The highest BCUT2D eigenvalue weighted by Crippen LogP contribution is 2.36. The molecular weight excluding hydrogens is 270 g/mol. The van der Waals surface area contributed by atoms with E-state index >= 15 is 0 Å². The third-order valence-corrected chi connectivity index (χ3v) is 4.11. The Kier molecular flexibility index (Phi) is 3.32. The van der Waals surface area contributed by atoms with Crippen molar-refractivity contribution in [1.82, 2.24) is 4.98 Å². The van der Waals surface area contributed by atoms with Crippen LogP contribution in [0.5, 0.6) is 11.5 Å². The number of aromatic nitrogens is 1. The second kappa shape index (κ2) is 5.13. The third-order valence-electron chi connectivity index (χ3n) is 3.05. The molecule has 20 heavy (non-hydrogen) atoms. The fraction of sp³-hybridized carbons (Fsp3) is 0.188. The molecule has 0 bridgehead atoms. The highest BCUT2D eigenvalue weighted by molar-refractivity contribution is 7.21. The minimum Gasteiger partial charge on any atom is -0.507 e. The number of hydrogen-bond donors (Lipinski definition) is 1. The molecule has 4 heteroatoms. The molecular formula is C16H15NO2S. The van der Waals surface area contributed by atoms with Crippen LogP contribution in [0.2, 0.25) is 0 Å². The van der Waals surface area contributed by atoms with Gasteiger partial charge in [0, 0.05) is 0 Å². The Balaban J connectivity index is 2.08. The summed E-state index contributed by atoms with van der Waals surface area (Å²) in [6.07, 6.45) is 0. The molecule has 0 saturated carbocycles. The molecule has 3 nitrogen and oxygen atoms in total. The molecule has 1 aromatic heterocycles. The van der Waals surface area contributed by atoms with Crippen LogP contribution in [-0.4, -0.2) is 16.7 Å². The highest BCUT2D eigenvalue weighted by Gasteiger charge is 2.11. The zero-order valence-corrected chi connectivity index (χ0v) is 12.2. The summed E-state index contributed by atoms with van der Waals surface area (Å²) >= 11 is 1.56. The number of aromatic hydroxyl groups is 1. The Morgan fingerprint density at radius 1 is 1.20 bits per heavy atom. The van der Waals surface area contributed by atoms with Gasteiger partial charge in [-0.1, -0.05) is 6.07 Å². The monoisotopic (exact) mass is 285 g/mol. The van der Waals surface area contributed by atoms with Crippen LogP contribution in [0.1, 0.15) is 12.5 Å². The molecule has 0 fully saturated rings. The first-order valence-electron chi connectivity index (χ1n) is 6.51. The summed E-state index contributed by atoms with van der Waals surface area (Å²) < 4.78 is 6.56. The quantitative estimate of drug-likeness (QED) is 0.776. The van der Waals surface area contributed by atoms with Gasteiger partial charge in [0.25, 0.3) is 0 Å². The molecule has 102 valence electrons. The number of ether oxygens (including phenoxy) is 1. The zero-order valence-electron chi connectivity index (χ0n) is 11.4. The van der Waals surface area contributed by atoms with Crippen molar-refractivity contribution in [2.45, 2.75) is 13.8 Å². The van der Waals surface area contributed by atoms with Crippen molar-refractivity contribution < 1.29 is 9.84 Å². The van der Waals surface area contributed by atoms with Crippen LogP contribution in [0, 0.1) is 6.92 Å². The number of rotatable bonds is 3. The van der Waals surface area contributed by atoms with E-state index in [-0.39, 0.29) is 5.75 Å². The molecule has 0 amide bonds. The lowest BCUT2D eigenvalue weighted by Crippen LogP contribution is -1.89. The van der Waals surface area contributed by atoms with Crippen molar-refractivity contribution in [1.29, 1.82) is 0 Å². The van der Waals surface area contributed by atoms with Gasteiger partial charge in [-0.3, -0.25) is 0 Å². The normalized spacial score (nSPS) is 10.9. The Labute approximate surface area is 121 Å². The van der Waals surface area contributed by atoms with E-state index in [2.05, 4.69) is 4.98 Å². The predicted molar refractivity (Wildman–Crippen MR) is 82.6 cm³/mol. The minimum atomic E-state index is 0.272. The second-order valence-corrected chi connectivity index (χ2v) is 5.63. The molecule has 0 aliphatic carbocycles. The molecule has 0 saturated heterocycles. The summed E-state index contributed by atoms with van der Waals surface area (Å²) in [7, 11) is 0. The Morgan fingerprint density at radius 2 is 2.05 bits per heavy atom. The Hall–Kier alpha value is -2.07. The SMILES string of the molecule is CCOc1ccc2nc(-c3ccc(C)cc3O)sc2c1. The van der Waals surface area contributed by atoms with E-state index < -0.39 is 0 Å². The van der Waals surface area contributed by atoms with Gasteiger partial charge in [0.05, 0.1) is 22.4 Å². The Bertz CT molecular complexity index is 764. The first-order valence-corrected chi connectivity index (χ1v) is 7.32. The fourth-order valence-corrected chi connectivity index (χ4v) is 3.13. The minimum absolute atomic E-state index is 0.272. The smallest absolute Gasteiger partial charge is 0.128 e. The summed E-state index contributed by atoms with van der Waals surface area (Å²) in [5, 5.41) is 10.9. The van der Waals surface area contributed by atoms with Gasteiger partial charge < -0.3 is 9.84 Å². The van der Waals surface area contributed by atoms with E-state index in [9.17, 15) is 5.11 Å². The van der Waals surface area contributed by atoms with E-state index in [4.69, 9.17) is 4.74 Å². The van der Waals surface area contributed by atoms with Crippen molar-refractivity contribution >= 4 is 21.6 Å². The number of aryl methyl sites for hydroxylation is 1. The largest absolute Gasteiger partial charge is 0.507 e. The molecule has 0 spiro atoms. The van der Waals surface area contributed by atoms with Crippen LogP contribution in [0.25, 0.3) is 20.8 Å². The first-order chi connectivity index (χ1) is 9.67. The van der Waals surface area contributed by atoms with Crippen molar-refractivity contribution in [2.24, 2.45) is 0 Å². The molecule has 0 unspecified atom stereocenters. The molecule has 1 N–H and O–H groups in total. The topological polar surface area (TPSA) is 42.4 Å². The second-order valence-electron chi connectivity index (χ2n) is 4.60. The lowest BCUT2D eigenvalue weighted by molar-refractivity contribution is 0.341. The lowest BCUT2D eigenvalue weighted by atomic mass is 10.1. The number of phenolic OH excluding ortho intramolecular Hbond substituents is 1. The van der Waals surface area contributed by atoms with Crippen LogP contribution >= 0.6 is 11.3 Å². The molecule has 3 aromatic rings. The van der Waals surface area contributed by atoms with Gasteiger partial charge in [0.2, 0.25) is 0 Å². The van der Waals surface area contributed by atoms with Crippen molar-refractivity contribution in [3.05, 3.63) is 42.0 Å². The maximum atomic E-state index is 10.1. The average Bonchev–Trinajstić information content (AvgIpc) is 2.81. The maximum Gasteiger partial charge on any atom is 0.128 e. The predicted octanol–water partition coefficient (Wildman–Crippen LogP) is 4.38. The summed E-state index contributed by atoms with van der Waals surface area (Å²) in [5.41, 5.74) is 2.73. The molecule has 3 rings (SSSR count). The molecule has 0 atom stereocenters. The van der Waals surface area contributed by atoms with E-state index in [1.807, 2.05) is 44.2 Å². The van der Waals surface area contributed by atoms with Crippen LogP contribution < -0.4 is 4.74 Å². The van der Waals surface area contributed by atoms with Crippen LogP contribution in [0.3, 0.4) is 0 Å². The van der Waals surface area contributed by atoms with Crippen LogP contribution in [0.4, 0.5) is 0 Å². The molecule has 2 aromatic carbocycles. The number of phenols is 1.